The first-order valence-corrected chi connectivity index (χ1v) is 24.3. The van der Waals surface area contributed by atoms with Crippen molar-refractivity contribution in [1.29, 1.82) is 0 Å². The number of carbonyl (C=O) groups excluding carboxylic acids is 1. The molecule has 2 atom stereocenters. The van der Waals surface area contributed by atoms with Gasteiger partial charge in [0.1, 0.15) is 6.10 Å². The Bertz CT molecular complexity index is 1040. The third kappa shape index (κ3) is 43.3. The number of esters is 1. The standard InChI is InChI=1S/C47H86NO7P/c1-3-5-7-9-11-13-15-17-19-21-22-23-25-27-29-31-33-35-37-39-42-52-44-46(45-54-56(50,51)53-43-41-48)55-47(49)40-38-36-34-32-30-28-26-24-20-18-16-14-12-10-8-6-4-2/h11-14,17-20,22-23,46H,3-10,15-16,21,24-45,48H2,1-2H3,(H,50,51)/b13-11-,14-12-,19-17-,20-18-,23-22-. The minimum absolute atomic E-state index is 0.0947. The Kier molecular flexibility index (Phi) is 42.9. The number of nitrogens with two attached hydrogens (primary N) is 1. The first-order chi connectivity index (χ1) is 27.4. The number of unbranched alkanes of at least 4 members (excludes halogenated alkanes) is 20. The van der Waals surface area contributed by atoms with Crippen LogP contribution in [0.25, 0.3) is 0 Å². The summed E-state index contributed by atoms with van der Waals surface area (Å²) in [6.07, 6.45) is 53.7. The smallest absolute Gasteiger partial charge is 0.457 e. The van der Waals surface area contributed by atoms with Gasteiger partial charge in [-0.3, -0.25) is 13.8 Å². The lowest BCUT2D eigenvalue weighted by Gasteiger charge is -2.20. The molecular formula is C47H86NO7P. The van der Waals surface area contributed by atoms with E-state index < -0.39 is 13.9 Å². The number of carbonyl (C=O) groups is 1. The predicted octanol–water partition coefficient (Wildman–Crippen LogP) is 13.8. The normalized spacial score (nSPS) is 14.0. The van der Waals surface area contributed by atoms with Crippen molar-refractivity contribution in [1.82, 2.24) is 0 Å². The van der Waals surface area contributed by atoms with Crippen LogP contribution in [-0.2, 0) is 27.9 Å². The molecule has 0 saturated heterocycles. The summed E-state index contributed by atoms with van der Waals surface area (Å²) in [6, 6.07) is 0. The van der Waals surface area contributed by atoms with E-state index in [0.717, 1.165) is 64.2 Å². The molecule has 326 valence electrons. The van der Waals surface area contributed by atoms with Crippen molar-refractivity contribution in [3.63, 3.8) is 0 Å². The largest absolute Gasteiger partial charge is 0.472 e. The molecule has 9 heteroatoms. The van der Waals surface area contributed by atoms with Gasteiger partial charge in [0.05, 0.1) is 19.8 Å². The third-order valence-electron chi connectivity index (χ3n) is 9.41. The van der Waals surface area contributed by atoms with E-state index in [0.29, 0.717) is 13.0 Å². The van der Waals surface area contributed by atoms with Crippen LogP contribution in [0.3, 0.4) is 0 Å². The summed E-state index contributed by atoms with van der Waals surface area (Å²) in [5.41, 5.74) is 5.37. The van der Waals surface area contributed by atoms with Crippen LogP contribution < -0.4 is 5.73 Å². The lowest BCUT2D eigenvalue weighted by molar-refractivity contribution is -0.154. The van der Waals surface area contributed by atoms with E-state index in [4.69, 9.17) is 24.3 Å². The fraction of sp³-hybridized carbons (Fsp3) is 0.766. The fourth-order valence-corrected chi connectivity index (χ4v) is 6.80. The number of allylic oxidation sites excluding steroid dienone is 10. The quantitative estimate of drug-likeness (QED) is 0.0271. The van der Waals surface area contributed by atoms with Crippen molar-refractivity contribution < 1.29 is 32.8 Å². The highest BCUT2D eigenvalue weighted by atomic mass is 31.2. The SMILES string of the molecule is CCCCC/C=C\C/C=C\C/C=C\CCCCCCCCCOCC(COP(=O)(O)OCCN)OC(=O)CCCCCCCCC/C=C\C/C=C\CCCCC. The molecule has 0 fully saturated rings. The van der Waals surface area contributed by atoms with E-state index in [1.165, 1.54) is 109 Å². The molecule has 0 aliphatic rings. The molecule has 0 aliphatic heterocycles. The zero-order valence-electron chi connectivity index (χ0n) is 36.1. The molecule has 0 heterocycles. The van der Waals surface area contributed by atoms with Gasteiger partial charge in [-0.05, 0) is 83.5 Å². The highest BCUT2D eigenvalue weighted by molar-refractivity contribution is 7.47. The van der Waals surface area contributed by atoms with E-state index >= 15 is 0 Å². The zero-order chi connectivity index (χ0) is 40.9. The molecule has 0 saturated carbocycles. The molecule has 0 radical (unpaired) electrons. The predicted molar refractivity (Wildman–Crippen MR) is 238 cm³/mol. The second kappa shape index (κ2) is 44.3. The van der Waals surface area contributed by atoms with E-state index in [9.17, 15) is 14.3 Å². The highest BCUT2D eigenvalue weighted by Crippen LogP contribution is 2.43. The van der Waals surface area contributed by atoms with Gasteiger partial charge in [0.2, 0.25) is 0 Å². The van der Waals surface area contributed by atoms with Gasteiger partial charge in [0.25, 0.3) is 0 Å². The molecule has 0 amide bonds. The second-order valence-electron chi connectivity index (χ2n) is 14.9. The van der Waals surface area contributed by atoms with Crippen molar-refractivity contribution in [2.24, 2.45) is 5.73 Å². The van der Waals surface area contributed by atoms with Crippen molar-refractivity contribution in [2.45, 2.75) is 200 Å². The Labute approximate surface area is 344 Å². The number of phosphoric ester groups is 1. The Balaban J connectivity index is 4.05. The van der Waals surface area contributed by atoms with Gasteiger partial charge >= 0.3 is 13.8 Å². The maximum Gasteiger partial charge on any atom is 0.472 e. The van der Waals surface area contributed by atoms with Crippen LogP contribution in [0.5, 0.6) is 0 Å². The van der Waals surface area contributed by atoms with Crippen LogP contribution in [0.15, 0.2) is 60.8 Å². The molecule has 0 aromatic heterocycles. The van der Waals surface area contributed by atoms with Crippen LogP contribution in [0.4, 0.5) is 0 Å². The number of hydrogen-bond donors (Lipinski definition) is 2. The molecule has 0 rings (SSSR count). The summed E-state index contributed by atoms with van der Waals surface area (Å²) in [7, 11) is -4.29. The molecule has 0 aromatic carbocycles. The third-order valence-corrected chi connectivity index (χ3v) is 10.4. The minimum Gasteiger partial charge on any atom is -0.457 e. The average molecular weight is 808 g/mol. The number of ether oxygens (including phenoxy) is 2. The summed E-state index contributed by atoms with van der Waals surface area (Å²) >= 11 is 0. The summed E-state index contributed by atoms with van der Waals surface area (Å²) < 4.78 is 33.5. The van der Waals surface area contributed by atoms with Gasteiger partial charge in [-0.2, -0.15) is 0 Å². The molecule has 0 aliphatic carbocycles. The van der Waals surface area contributed by atoms with Gasteiger partial charge in [0.15, 0.2) is 0 Å². The Hall–Kier alpha value is -1.80. The molecule has 8 nitrogen and oxygen atoms in total. The molecule has 56 heavy (non-hydrogen) atoms. The molecule has 0 spiro atoms. The van der Waals surface area contributed by atoms with Crippen molar-refractivity contribution >= 4 is 13.8 Å². The van der Waals surface area contributed by atoms with E-state index in [1.54, 1.807) is 0 Å². The number of hydrogen-bond acceptors (Lipinski definition) is 7. The maximum absolute atomic E-state index is 12.6. The number of rotatable bonds is 43. The van der Waals surface area contributed by atoms with Gasteiger partial charge < -0.3 is 20.1 Å². The monoisotopic (exact) mass is 808 g/mol. The summed E-state index contributed by atoms with van der Waals surface area (Å²) in [6.45, 7) is 4.84. The van der Waals surface area contributed by atoms with Crippen molar-refractivity contribution in [3.05, 3.63) is 60.8 Å². The maximum atomic E-state index is 12.6. The van der Waals surface area contributed by atoms with Gasteiger partial charge in [-0.25, -0.2) is 4.57 Å². The fourth-order valence-electron chi connectivity index (χ4n) is 6.03. The van der Waals surface area contributed by atoms with Crippen molar-refractivity contribution in [3.8, 4) is 0 Å². The lowest BCUT2D eigenvalue weighted by atomic mass is 10.1. The van der Waals surface area contributed by atoms with E-state index in [1.807, 2.05) is 0 Å². The van der Waals surface area contributed by atoms with Crippen LogP contribution >= 0.6 is 7.82 Å². The molecule has 0 aromatic rings. The van der Waals surface area contributed by atoms with Crippen LogP contribution in [0.2, 0.25) is 0 Å². The van der Waals surface area contributed by atoms with Crippen LogP contribution in [0, 0.1) is 0 Å². The van der Waals surface area contributed by atoms with Gasteiger partial charge in [-0.15, -0.1) is 0 Å². The molecule has 3 N–H and O–H groups in total. The van der Waals surface area contributed by atoms with E-state index in [-0.39, 0.29) is 32.3 Å². The van der Waals surface area contributed by atoms with Gasteiger partial charge in [-0.1, -0.05) is 164 Å². The molecular weight excluding hydrogens is 721 g/mol. The average Bonchev–Trinajstić information content (AvgIpc) is 3.19. The molecule has 0 bridgehead atoms. The molecule has 2 unspecified atom stereocenters. The first kappa shape index (κ1) is 54.2. The van der Waals surface area contributed by atoms with Gasteiger partial charge in [0, 0.05) is 19.6 Å². The summed E-state index contributed by atoms with van der Waals surface area (Å²) in [5, 5.41) is 0. The number of phosphoric acid groups is 1. The van der Waals surface area contributed by atoms with E-state index in [2.05, 4.69) is 74.6 Å². The van der Waals surface area contributed by atoms with Crippen LogP contribution in [-0.4, -0.2) is 49.9 Å². The van der Waals surface area contributed by atoms with Crippen LogP contribution in [0.1, 0.15) is 194 Å². The minimum atomic E-state index is -4.29. The Morgan fingerprint density at radius 1 is 0.536 bits per heavy atom. The second-order valence-corrected chi connectivity index (χ2v) is 16.4. The highest BCUT2D eigenvalue weighted by Gasteiger charge is 2.25. The Morgan fingerprint density at radius 2 is 0.946 bits per heavy atom. The topological polar surface area (TPSA) is 117 Å². The first-order valence-electron chi connectivity index (χ1n) is 22.8. The van der Waals surface area contributed by atoms with Crippen molar-refractivity contribution in [2.75, 3.05) is 33.0 Å². The zero-order valence-corrected chi connectivity index (χ0v) is 37.0. The Morgan fingerprint density at radius 3 is 1.41 bits per heavy atom. The lowest BCUT2D eigenvalue weighted by Crippen LogP contribution is -2.28. The summed E-state index contributed by atoms with van der Waals surface area (Å²) in [4.78, 5) is 22.5. The summed E-state index contributed by atoms with van der Waals surface area (Å²) in [5.74, 6) is -0.343.